The summed E-state index contributed by atoms with van der Waals surface area (Å²) in [5, 5.41) is 0. The van der Waals surface area contributed by atoms with Crippen LogP contribution in [0.3, 0.4) is 0 Å². The van der Waals surface area contributed by atoms with Gasteiger partial charge in [0.25, 0.3) is 0 Å². The van der Waals surface area contributed by atoms with Crippen LogP contribution in [-0.2, 0) is 13.0 Å². The highest BCUT2D eigenvalue weighted by molar-refractivity contribution is 5.69. The van der Waals surface area contributed by atoms with Crippen molar-refractivity contribution in [2.24, 2.45) is 0 Å². The van der Waals surface area contributed by atoms with E-state index < -0.39 is 0 Å². The van der Waals surface area contributed by atoms with Crippen LogP contribution in [-0.4, -0.2) is 47.1 Å². The summed E-state index contributed by atoms with van der Waals surface area (Å²) < 4.78 is 0. The van der Waals surface area contributed by atoms with E-state index in [2.05, 4.69) is 89.2 Å². The van der Waals surface area contributed by atoms with Crippen molar-refractivity contribution in [2.75, 3.05) is 36.0 Å². The first kappa shape index (κ1) is 19.1. The molecule has 0 radical (unpaired) electrons. The highest BCUT2D eigenvalue weighted by atomic mass is 15.3. The van der Waals surface area contributed by atoms with Gasteiger partial charge < -0.3 is 9.80 Å². The highest BCUT2D eigenvalue weighted by Crippen LogP contribution is 2.37. The Morgan fingerprint density at radius 3 is 2.43 bits per heavy atom. The first-order valence-electron chi connectivity index (χ1n) is 10.9. The minimum Gasteiger partial charge on any atom is -0.338 e. The van der Waals surface area contributed by atoms with Crippen molar-refractivity contribution in [3.05, 3.63) is 77.5 Å². The predicted molar refractivity (Wildman–Crippen MR) is 122 cm³/mol. The zero-order chi connectivity index (χ0) is 20.5. The number of hydrogen-bond acceptors (Lipinski definition) is 5. The Labute approximate surface area is 179 Å². The molecule has 2 aromatic carbocycles. The smallest absolute Gasteiger partial charge is 0.227 e. The fourth-order valence-corrected chi connectivity index (χ4v) is 4.66. The lowest BCUT2D eigenvalue weighted by molar-refractivity contribution is 0.248. The molecule has 5 rings (SSSR count). The van der Waals surface area contributed by atoms with Crippen molar-refractivity contribution in [1.82, 2.24) is 14.9 Å². The third-order valence-electron chi connectivity index (χ3n) is 6.19. The summed E-state index contributed by atoms with van der Waals surface area (Å²) in [5.74, 6) is 1.88. The van der Waals surface area contributed by atoms with Crippen molar-refractivity contribution in [3.8, 4) is 0 Å². The molecule has 5 nitrogen and oxygen atoms in total. The first-order valence-corrected chi connectivity index (χ1v) is 10.9. The molecule has 0 aliphatic carbocycles. The maximum Gasteiger partial charge on any atom is 0.227 e. The molecule has 0 N–H and O–H groups in total. The predicted octanol–water partition coefficient (Wildman–Crippen LogP) is 4.19. The largest absolute Gasteiger partial charge is 0.338 e. The van der Waals surface area contributed by atoms with E-state index in [1.807, 2.05) is 0 Å². The van der Waals surface area contributed by atoms with Crippen LogP contribution < -0.4 is 9.80 Å². The molecular weight excluding hydrogens is 370 g/mol. The Morgan fingerprint density at radius 2 is 1.63 bits per heavy atom. The molecule has 5 heteroatoms. The van der Waals surface area contributed by atoms with Gasteiger partial charge in [-0.1, -0.05) is 48.5 Å². The molecule has 1 fully saturated rings. The minimum absolute atomic E-state index is 0.410. The molecular formula is C25H29N5. The molecule has 1 atom stereocenters. The SMILES string of the molecule is Cc1cc(N2c3ccccc3CC2C)nc(N2CCN(Cc3ccccc3)CC2)n1. The third kappa shape index (κ3) is 3.77. The van der Waals surface area contributed by atoms with E-state index in [1.54, 1.807) is 0 Å². The molecule has 3 aromatic rings. The summed E-state index contributed by atoms with van der Waals surface area (Å²) in [7, 11) is 0. The number of piperazine rings is 1. The van der Waals surface area contributed by atoms with E-state index in [9.17, 15) is 0 Å². The standard InChI is InChI=1S/C25H29N5/c1-19-16-24(30-20(2)17-22-10-6-7-11-23(22)30)27-25(26-19)29-14-12-28(13-15-29)18-21-8-4-3-5-9-21/h3-11,16,20H,12-15,17-18H2,1-2H3. The van der Waals surface area contributed by atoms with Crippen LogP contribution >= 0.6 is 0 Å². The van der Waals surface area contributed by atoms with Gasteiger partial charge in [-0.2, -0.15) is 4.98 Å². The second-order valence-corrected chi connectivity index (χ2v) is 8.47. The van der Waals surface area contributed by atoms with E-state index in [-0.39, 0.29) is 0 Å². The van der Waals surface area contributed by atoms with Gasteiger partial charge in [0.05, 0.1) is 0 Å². The molecule has 2 aliphatic rings. The molecule has 0 saturated carbocycles. The van der Waals surface area contributed by atoms with Gasteiger partial charge in [-0.05, 0) is 37.5 Å². The first-order chi connectivity index (χ1) is 14.7. The summed E-state index contributed by atoms with van der Waals surface area (Å²) >= 11 is 0. The fourth-order valence-electron chi connectivity index (χ4n) is 4.66. The molecule has 0 spiro atoms. The van der Waals surface area contributed by atoms with E-state index in [1.165, 1.54) is 16.8 Å². The number of benzene rings is 2. The van der Waals surface area contributed by atoms with Crippen LogP contribution in [0, 0.1) is 6.92 Å². The number of aryl methyl sites for hydroxylation is 1. The van der Waals surface area contributed by atoms with Gasteiger partial charge in [-0.25, -0.2) is 4.98 Å². The molecule has 30 heavy (non-hydrogen) atoms. The Morgan fingerprint density at radius 1 is 0.900 bits per heavy atom. The van der Waals surface area contributed by atoms with Crippen molar-refractivity contribution in [3.63, 3.8) is 0 Å². The molecule has 1 saturated heterocycles. The zero-order valence-electron chi connectivity index (χ0n) is 17.8. The van der Waals surface area contributed by atoms with E-state index in [4.69, 9.17) is 9.97 Å². The van der Waals surface area contributed by atoms with Gasteiger partial charge in [0.15, 0.2) is 0 Å². The number of rotatable bonds is 4. The second kappa shape index (κ2) is 8.07. The third-order valence-corrected chi connectivity index (χ3v) is 6.19. The topological polar surface area (TPSA) is 35.5 Å². The van der Waals surface area contributed by atoms with Crippen molar-refractivity contribution >= 4 is 17.5 Å². The lowest BCUT2D eigenvalue weighted by atomic mass is 10.1. The Bertz CT molecular complexity index is 1010. The van der Waals surface area contributed by atoms with Crippen LogP contribution in [0.1, 0.15) is 23.7 Å². The summed E-state index contributed by atoms with van der Waals surface area (Å²) in [6.45, 7) is 9.35. The van der Waals surface area contributed by atoms with Crippen molar-refractivity contribution in [2.45, 2.75) is 32.9 Å². The van der Waals surface area contributed by atoms with Crippen LogP contribution in [0.15, 0.2) is 60.7 Å². The average Bonchev–Trinajstić information content (AvgIpc) is 3.10. The quantitative estimate of drug-likeness (QED) is 0.657. The average molecular weight is 400 g/mol. The normalized spacial score (nSPS) is 19.2. The lowest BCUT2D eigenvalue weighted by Gasteiger charge is -2.35. The van der Waals surface area contributed by atoms with Gasteiger partial charge in [0.2, 0.25) is 5.95 Å². The molecule has 2 aliphatic heterocycles. The summed E-state index contributed by atoms with van der Waals surface area (Å²) in [5.41, 5.74) is 5.08. The van der Waals surface area contributed by atoms with Gasteiger partial charge >= 0.3 is 0 Å². The molecule has 154 valence electrons. The molecule has 1 unspecified atom stereocenters. The number of anilines is 3. The number of fused-ring (bicyclic) bond motifs is 1. The van der Waals surface area contributed by atoms with Crippen LogP contribution in [0.4, 0.5) is 17.5 Å². The number of hydrogen-bond donors (Lipinski definition) is 0. The molecule has 0 amide bonds. The Kier molecular flexibility index (Phi) is 5.13. The second-order valence-electron chi connectivity index (χ2n) is 8.47. The number of aromatic nitrogens is 2. The van der Waals surface area contributed by atoms with Gasteiger partial charge in [-0.15, -0.1) is 0 Å². The van der Waals surface area contributed by atoms with E-state index >= 15 is 0 Å². The van der Waals surface area contributed by atoms with E-state index in [0.29, 0.717) is 6.04 Å². The molecule has 1 aromatic heterocycles. The Balaban J connectivity index is 1.33. The highest BCUT2D eigenvalue weighted by Gasteiger charge is 2.29. The monoisotopic (exact) mass is 399 g/mol. The van der Waals surface area contributed by atoms with Crippen LogP contribution in [0.25, 0.3) is 0 Å². The van der Waals surface area contributed by atoms with Gasteiger partial charge in [0.1, 0.15) is 5.82 Å². The summed E-state index contributed by atoms with van der Waals surface area (Å²) in [6, 6.07) is 21.9. The number of para-hydroxylation sites is 1. The van der Waals surface area contributed by atoms with Crippen LogP contribution in [0.5, 0.6) is 0 Å². The van der Waals surface area contributed by atoms with Gasteiger partial charge in [0, 0.05) is 56.2 Å². The fraction of sp³-hybridized carbons (Fsp3) is 0.360. The van der Waals surface area contributed by atoms with Crippen molar-refractivity contribution in [1.29, 1.82) is 0 Å². The van der Waals surface area contributed by atoms with Gasteiger partial charge in [-0.3, -0.25) is 4.90 Å². The number of nitrogens with zero attached hydrogens (tertiary/aromatic N) is 5. The lowest BCUT2D eigenvalue weighted by Crippen LogP contribution is -2.46. The summed E-state index contributed by atoms with van der Waals surface area (Å²) in [6.07, 6.45) is 1.06. The van der Waals surface area contributed by atoms with E-state index in [0.717, 1.165) is 56.6 Å². The minimum atomic E-state index is 0.410. The Hall–Kier alpha value is -2.92. The maximum atomic E-state index is 5.02. The maximum absolute atomic E-state index is 5.02. The van der Waals surface area contributed by atoms with Crippen molar-refractivity contribution < 1.29 is 0 Å². The summed E-state index contributed by atoms with van der Waals surface area (Å²) in [4.78, 5) is 17.0. The van der Waals surface area contributed by atoms with Crippen LogP contribution in [0.2, 0.25) is 0 Å². The zero-order valence-corrected chi connectivity index (χ0v) is 17.8. The molecule has 0 bridgehead atoms. The molecule has 3 heterocycles.